The van der Waals surface area contributed by atoms with Crippen LogP contribution < -0.4 is 0 Å². The maximum atomic E-state index is 2.56. The number of nitrogens with zero attached hydrogens (tertiary/aromatic N) is 1. The van der Waals surface area contributed by atoms with Gasteiger partial charge in [-0.2, -0.15) is 0 Å². The van der Waals surface area contributed by atoms with Crippen molar-refractivity contribution >= 4 is 0 Å². The van der Waals surface area contributed by atoms with Gasteiger partial charge in [-0.15, -0.1) is 0 Å². The van der Waals surface area contributed by atoms with Crippen molar-refractivity contribution in [2.75, 3.05) is 20.1 Å². The highest BCUT2D eigenvalue weighted by molar-refractivity contribution is 4.88. The van der Waals surface area contributed by atoms with Crippen molar-refractivity contribution in [1.82, 2.24) is 4.90 Å². The Hall–Kier alpha value is -0.0400. The fourth-order valence-corrected chi connectivity index (χ4v) is 3.20. The van der Waals surface area contributed by atoms with Crippen LogP contribution in [0.5, 0.6) is 0 Å². The van der Waals surface area contributed by atoms with E-state index in [1.165, 1.54) is 58.0 Å². The molecule has 1 aliphatic heterocycles. The second kappa shape index (κ2) is 6.64. The molecule has 1 nitrogen and oxygen atoms in total. The molecule has 96 valence electrons. The Bertz CT molecular complexity index is 180. The van der Waals surface area contributed by atoms with Gasteiger partial charge in [0.2, 0.25) is 0 Å². The summed E-state index contributed by atoms with van der Waals surface area (Å²) in [5.74, 6) is 0.954. The van der Waals surface area contributed by atoms with Crippen molar-refractivity contribution in [2.24, 2.45) is 11.3 Å². The van der Waals surface area contributed by atoms with E-state index in [9.17, 15) is 0 Å². The molecule has 16 heavy (non-hydrogen) atoms. The van der Waals surface area contributed by atoms with E-state index >= 15 is 0 Å². The molecular formula is C15H31N. The van der Waals surface area contributed by atoms with Gasteiger partial charge >= 0.3 is 0 Å². The molecule has 0 aliphatic carbocycles. The van der Waals surface area contributed by atoms with Crippen LogP contribution in [0, 0.1) is 11.3 Å². The molecule has 1 heterocycles. The Morgan fingerprint density at radius 3 is 2.06 bits per heavy atom. The Balaban J connectivity index is 2.54. The summed E-state index contributed by atoms with van der Waals surface area (Å²) in [6.45, 7) is 9.85. The molecule has 1 saturated heterocycles. The Morgan fingerprint density at radius 2 is 1.69 bits per heavy atom. The van der Waals surface area contributed by atoms with Gasteiger partial charge < -0.3 is 4.90 Å². The third-order valence-corrected chi connectivity index (χ3v) is 4.58. The summed E-state index contributed by atoms with van der Waals surface area (Å²) >= 11 is 0. The predicted octanol–water partition coefficient (Wildman–Crippen LogP) is 4.32. The molecule has 1 heteroatoms. The van der Waals surface area contributed by atoms with Gasteiger partial charge in [-0.05, 0) is 44.2 Å². The van der Waals surface area contributed by atoms with Gasteiger partial charge in [0.05, 0.1) is 0 Å². The summed E-state index contributed by atoms with van der Waals surface area (Å²) in [5, 5.41) is 0. The maximum Gasteiger partial charge on any atom is 0.00123 e. The number of rotatable bonds is 7. The first-order valence-electron chi connectivity index (χ1n) is 7.31. The monoisotopic (exact) mass is 225 g/mol. The van der Waals surface area contributed by atoms with Gasteiger partial charge in [-0.25, -0.2) is 0 Å². The van der Waals surface area contributed by atoms with Crippen molar-refractivity contribution in [1.29, 1.82) is 0 Å². The Kier molecular flexibility index (Phi) is 5.82. The molecule has 0 spiro atoms. The van der Waals surface area contributed by atoms with Gasteiger partial charge in [0, 0.05) is 6.54 Å². The van der Waals surface area contributed by atoms with Crippen LogP contribution in [0.15, 0.2) is 0 Å². The summed E-state index contributed by atoms with van der Waals surface area (Å²) in [6, 6.07) is 0. The quantitative estimate of drug-likeness (QED) is 0.623. The largest absolute Gasteiger partial charge is 0.306 e. The molecule has 1 aliphatic rings. The zero-order valence-corrected chi connectivity index (χ0v) is 11.9. The molecule has 0 saturated carbocycles. The lowest BCUT2D eigenvalue weighted by Crippen LogP contribution is -2.29. The first-order chi connectivity index (χ1) is 7.62. The van der Waals surface area contributed by atoms with Crippen LogP contribution in [0.3, 0.4) is 0 Å². The Labute approximate surface area is 103 Å². The van der Waals surface area contributed by atoms with Crippen LogP contribution >= 0.6 is 0 Å². The van der Waals surface area contributed by atoms with Crippen LogP contribution in [0.25, 0.3) is 0 Å². The second-order valence-electron chi connectivity index (χ2n) is 6.11. The third-order valence-electron chi connectivity index (χ3n) is 4.58. The Morgan fingerprint density at radius 1 is 1.12 bits per heavy atom. The van der Waals surface area contributed by atoms with Crippen LogP contribution in [0.2, 0.25) is 0 Å². The van der Waals surface area contributed by atoms with Crippen LogP contribution in [-0.2, 0) is 0 Å². The van der Waals surface area contributed by atoms with E-state index < -0.39 is 0 Å². The molecular weight excluding hydrogens is 194 g/mol. The minimum absolute atomic E-state index is 0.622. The highest BCUT2D eigenvalue weighted by Gasteiger charge is 2.36. The van der Waals surface area contributed by atoms with E-state index in [0.717, 1.165) is 5.92 Å². The third kappa shape index (κ3) is 3.76. The maximum absolute atomic E-state index is 2.56. The number of hydrogen-bond acceptors (Lipinski definition) is 1. The first-order valence-corrected chi connectivity index (χ1v) is 7.31. The minimum atomic E-state index is 0.622. The minimum Gasteiger partial charge on any atom is -0.306 e. The van der Waals surface area contributed by atoms with E-state index in [4.69, 9.17) is 0 Å². The molecule has 0 aromatic carbocycles. The van der Waals surface area contributed by atoms with Gasteiger partial charge in [-0.3, -0.25) is 0 Å². The first kappa shape index (κ1) is 14.0. The van der Waals surface area contributed by atoms with Crippen LogP contribution in [-0.4, -0.2) is 25.0 Å². The fraction of sp³-hybridized carbons (Fsp3) is 1.00. The molecule has 1 fully saturated rings. The zero-order valence-electron chi connectivity index (χ0n) is 11.9. The molecule has 1 atom stereocenters. The molecule has 0 aromatic rings. The van der Waals surface area contributed by atoms with E-state index in [2.05, 4.69) is 32.7 Å². The van der Waals surface area contributed by atoms with Crippen molar-refractivity contribution in [3.63, 3.8) is 0 Å². The highest BCUT2D eigenvalue weighted by atomic mass is 15.1. The molecule has 0 bridgehead atoms. The van der Waals surface area contributed by atoms with E-state index in [1.807, 2.05) is 0 Å². The number of hydrogen-bond donors (Lipinski definition) is 0. The van der Waals surface area contributed by atoms with Crippen LogP contribution in [0.1, 0.15) is 65.7 Å². The summed E-state index contributed by atoms with van der Waals surface area (Å²) < 4.78 is 0. The SMILES string of the molecule is CCCCC(C)(CCCC)C1CCN(C)C1. The summed E-state index contributed by atoms with van der Waals surface area (Å²) in [6.07, 6.45) is 9.86. The number of unbranched alkanes of at least 4 members (excludes halogenated alkanes) is 2. The zero-order chi connectivity index (χ0) is 12.0. The van der Waals surface area contributed by atoms with Crippen molar-refractivity contribution in [3.8, 4) is 0 Å². The fourth-order valence-electron chi connectivity index (χ4n) is 3.20. The molecule has 1 unspecified atom stereocenters. The summed E-state index contributed by atoms with van der Waals surface area (Å²) in [5.41, 5.74) is 0.622. The average molecular weight is 225 g/mol. The molecule has 0 radical (unpaired) electrons. The van der Waals surface area contributed by atoms with Crippen molar-refractivity contribution in [2.45, 2.75) is 65.7 Å². The van der Waals surface area contributed by atoms with Gasteiger partial charge in [-0.1, -0.05) is 46.5 Å². The van der Waals surface area contributed by atoms with Gasteiger partial charge in [0.1, 0.15) is 0 Å². The number of likely N-dealkylation sites (tertiary alicyclic amines) is 1. The smallest absolute Gasteiger partial charge is 0.00123 e. The van der Waals surface area contributed by atoms with Crippen LogP contribution in [0.4, 0.5) is 0 Å². The lowest BCUT2D eigenvalue weighted by Gasteiger charge is -2.36. The highest BCUT2D eigenvalue weighted by Crippen LogP contribution is 2.42. The summed E-state index contributed by atoms with van der Waals surface area (Å²) in [4.78, 5) is 2.51. The second-order valence-corrected chi connectivity index (χ2v) is 6.11. The van der Waals surface area contributed by atoms with E-state index in [1.54, 1.807) is 0 Å². The molecule has 1 rings (SSSR count). The lowest BCUT2D eigenvalue weighted by atomic mass is 9.70. The topological polar surface area (TPSA) is 3.24 Å². The van der Waals surface area contributed by atoms with Gasteiger partial charge in [0.15, 0.2) is 0 Å². The lowest BCUT2D eigenvalue weighted by molar-refractivity contribution is 0.148. The van der Waals surface area contributed by atoms with Crippen molar-refractivity contribution in [3.05, 3.63) is 0 Å². The molecule has 0 N–H and O–H groups in total. The molecule has 0 aromatic heterocycles. The van der Waals surface area contributed by atoms with E-state index in [-0.39, 0.29) is 0 Å². The average Bonchev–Trinajstić information content (AvgIpc) is 2.71. The molecule has 0 amide bonds. The van der Waals surface area contributed by atoms with Gasteiger partial charge in [0.25, 0.3) is 0 Å². The van der Waals surface area contributed by atoms with Crippen molar-refractivity contribution < 1.29 is 0 Å². The van der Waals surface area contributed by atoms with E-state index in [0.29, 0.717) is 5.41 Å². The normalized spacial score (nSPS) is 22.9. The summed E-state index contributed by atoms with van der Waals surface area (Å²) in [7, 11) is 2.28. The standard InChI is InChI=1S/C15H31N/c1-5-7-10-15(3,11-8-6-2)14-9-12-16(4)13-14/h14H,5-13H2,1-4H3. The predicted molar refractivity (Wildman–Crippen MR) is 72.8 cm³/mol.